The molecule has 2 rings (SSSR count). The van der Waals surface area contributed by atoms with E-state index >= 15 is 0 Å². The van der Waals surface area contributed by atoms with Crippen molar-refractivity contribution in [1.29, 1.82) is 0 Å². The second-order valence-corrected chi connectivity index (χ2v) is 4.43. The molecule has 23 heavy (non-hydrogen) atoms. The van der Waals surface area contributed by atoms with Crippen molar-refractivity contribution in [2.45, 2.75) is 6.54 Å². The Hall–Kier alpha value is -3.16. The average Bonchev–Trinajstić information content (AvgIpc) is 3.06. The van der Waals surface area contributed by atoms with Gasteiger partial charge in [-0.15, -0.1) is 0 Å². The molecule has 0 aliphatic rings. The Balaban J connectivity index is 1.66. The molecular formula is C15H15FN4O3. The summed E-state index contributed by atoms with van der Waals surface area (Å²) in [5.41, 5.74) is 2.43. The summed E-state index contributed by atoms with van der Waals surface area (Å²) in [7, 11) is 0. The lowest BCUT2D eigenvalue weighted by atomic mass is 10.2. The number of amides is 3. The van der Waals surface area contributed by atoms with Crippen LogP contribution in [0.5, 0.6) is 0 Å². The van der Waals surface area contributed by atoms with Crippen LogP contribution in [-0.4, -0.2) is 24.7 Å². The van der Waals surface area contributed by atoms with Gasteiger partial charge >= 0.3 is 6.03 Å². The van der Waals surface area contributed by atoms with Crippen molar-refractivity contribution in [3.63, 3.8) is 0 Å². The van der Waals surface area contributed by atoms with Crippen LogP contribution in [0.15, 0.2) is 52.2 Å². The van der Waals surface area contributed by atoms with E-state index in [2.05, 4.69) is 21.2 Å². The summed E-state index contributed by atoms with van der Waals surface area (Å²) in [6.45, 7) is -0.0511. The van der Waals surface area contributed by atoms with Gasteiger partial charge in [-0.3, -0.25) is 4.79 Å². The predicted octanol–water partition coefficient (Wildman–Crippen LogP) is 1.37. The lowest BCUT2D eigenvalue weighted by molar-refractivity contribution is -0.120. The SMILES string of the molecule is O=C(CNC(=O)NCc1ccco1)N/N=C\c1ccccc1F. The molecule has 0 saturated heterocycles. The molecule has 3 amide bonds. The van der Waals surface area contributed by atoms with Crippen molar-refractivity contribution >= 4 is 18.2 Å². The molecule has 0 bridgehead atoms. The molecule has 0 aliphatic carbocycles. The number of halogens is 1. The Bertz CT molecular complexity index is 686. The van der Waals surface area contributed by atoms with Crippen LogP contribution in [0.3, 0.4) is 0 Å². The van der Waals surface area contributed by atoms with Crippen molar-refractivity contribution < 1.29 is 18.4 Å². The zero-order valence-corrected chi connectivity index (χ0v) is 12.1. The van der Waals surface area contributed by atoms with Gasteiger partial charge in [0.05, 0.1) is 19.0 Å². The fourth-order valence-electron chi connectivity index (χ4n) is 1.60. The largest absolute Gasteiger partial charge is 0.467 e. The highest BCUT2D eigenvalue weighted by Crippen LogP contribution is 2.02. The first-order valence-electron chi connectivity index (χ1n) is 6.75. The van der Waals surface area contributed by atoms with Crippen LogP contribution >= 0.6 is 0 Å². The molecule has 0 unspecified atom stereocenters. The number of carbonyl (C=O) groups excluding carboxylic acids is 2. The normalized spacial score (nSPS) is 10.5. The van der Waals surface area contributed by atoms with Crippen LogP contribution in [0.1, 0.15) is 11.3 Å². The van der Waals surface area contributed by atoms with E-state index in [0.717, 1.165) is 0 Å². The van der Waals surface area contributed by atoms with Gasteiger partial charge < -0.3 is 15.1 Å². The minimum Gasteiger partial charge on any atom is -0.467 e. The molecule has 1 aromatic carbocycles. The van der Waals surface area contributed by atoms with E-state index in [9.17, 15) is 14.0 Å². The van der Waals surface area contributed by atoms with Crippen molar-refractivity contribution in [3.05, 3.63) is 59.8 Å². The van der Waals surface area contributed by atoms with Crippen LogP contribution in [0.4, 0.5) is 9.18 Å². The minimum atomic E-state index is -0.536. The van der Waals surface area contributed by atoms with Gasteiger partial charge in [-0.2, -0.15) is 5.10 Å². The zero-order chi connectivity index (χ0) is 16.5. The molecule has 2 aromatic rings. The third kappa shape index (κ3) is 5.62. The van der Waals surface area contributed by atoms with E-state index in [1.807, 2.05) is 0 Å². The summed E-state index contributed by atoms with van der Waals surface area (Å²) in [6.07, 6.45) is 2.68. The highest BCUT2D eigenvalue weighted by Gasteiger charge is 2.05. The molecule has 120 valence electrons. The number of hydrogen-bond donors (Lipinski definition) is 3. The number of rotatable bonds is 6. The number of nitrogens with zero attached hydrogens (tertiary/aromatic N) is 1. The standard InChI is InChI=1S/C15H15FN4O3/c16-13-6-2-1-4-11(13)8-19-20-14(21)10-18-15(22)17-9-12-5-3-7-23-12/h1-8H,9-10H2,(H,20,21)(H2,17,18,22)/b19-8-. The molecule has 0 atom stereocenters. The van der Waals surface area contributed by atoms with Crippen molar-refractivity contribution in [2.24, 2.45) is 5.10 Å². The summed E-state index contributed by atoms with van der Waals surface area (Å²) in [6, 6.07) is 8.91. The van der Waals surface area contributed by atoms with Crippen LogP contribution in [0.25, 0.3) is 0 Å². The highest BCUT2D eigenvalue weighted by atomic mass is 19.1. The Morgan fingerprint density at radius 3 is 2.74 bits per heavy atom. The topological polar surface area (TPSA) is 95.7 Å². The lowest BCUT2D eigenvalue weighted by Crippen LogP contribution is -2.40. The van der Waals surface area contributed by atoms with Gasteiger partial charge in [0, 0.05) is 5.56 Å². The van der Waals surface area contributed by atoms with Crippen LogP contribution in [0, 0.1) is 5.82 Å². The molecule has 0 saturated carbocycles. The quantitative estimate of drug-likeness (QED) is 0.554. The van der Waals surface area contributed by atoms with Crippen LogP contribution < -0.4 is 16.1 Å². The van der Waals surface area contributed by atoms with Crippen LogP contribution in [0.2, 0.25) is 0 Å². The van der Waals surface area contributed by atoms with Gasteiger partial charge in [-0.1, -0.05) is 18.2 Å². The van der Waals surface area contributed by atoms with E-state index in [1.54, 1.807) is 24.3 Å². The molecule has 0 radical (unpaired) electrons. The summed E-state index contributed by atoms with van der Waals surface area (Å²) < 4.78 is 18.3. The third-order valence-corrected chi connectivity index (χ3v) is 2.71. The Morgan fingerprint density at radius 1 is 1.17 bits per heavy atom. The molecule has 0 fully saturated rings. The number of furan rings is 1. The first-order chi connectivity index (χ1) is 11.1. The van der Waals surface area contributed by atoms with Gasteiger partial charge in [0.2, 0.25) is 0 Å². The zero-order valence-electron chi connectivity index (χ0n) is 12.1. The van der Waals surface area contributed by atoms with Gasteiger partial charge in [-0.05, 0) is 18.2 Å². The molecule has 7 nitrogen and oxygen atoms in total. The summed E-state index contributed by atoms with van der Waals surface area (Å²) in [5, 5.41) is 8.49. The monoisotopic (exact) mass is 318 g/mol. The maximum absolute atomic E-state index is 13.3. The number of hydrazone groups is 1. The lowest BCUT2D eigenvalue weighted by Gasteiger charge is -2.05. The molecule has 1 heterocycles. The Morgan fingerprint density at radius 2 is 2.00 bits per heavy atom. The van der Waals surface area contributed by atoms with E-state index in [4.69, 9.17) is 4.42 Å². The number of carbonyl (C=O) groups is 2. The van der Waals surface area contributed by atoms with Gasteiger partial charge in [0.1, 0.15) is 18.1 Å². The Labute approximate surface area is 131 Å². The van der Waals surface area contributed by atoms with Gasteiger partial charge in [0.25, 0.3) is 5.91 Å². The average molecular weight is 318 g/mol. The first-order valence-corrected chi connectivity index (χ1v) is 6.75. The fourth-order valence-corrected chi connectivity index (χ4v) is 1.60. The summed E-state index contributed by atoms with van der Waals surface area (Å²) in [5.74, 6) is -0.384. The second kappa shape index (κ2) is 8.32. The van der Waals surface area contributed by atoms with Crippen LogP contribution in [-0.2, 0) is 11.3 Å². The predicted molar refractivity (Wildman–Crippen MR) is 81.1 cm³/mol. The van der Waals surface area contributed by atoms with E-state index < -0.39 is 17.8 Å². The second-order valence-electron chi connectivity index (χ2n) is 4.43. The number of urea groups is 1. The van der Waals surface area contributed by atoms with Crippen molar-refractivity contribution in [2.75, 3.05) is 6.54 Å². The van der Waals surface area contributed by atoms with Gasteiger partial charge in [-0.25, -0.2) is 14.6 Å². The molecule has 8 heteroatoms. The highest BCUT2D eigenvalue weighted by molar-refractivity contribution is 5.85. The smallest absolute Gasteiger partial charge is 0.315 e. The van der Waals surface area contributed by atoms with E-state index in [0.29, 0.717) is 5.76 Å². The number of hydrogen-bond acceptors (Lipinski definition) is 4. The van der Waals surface area contributed by atoms with Crippen molar-refractivity contribution in [3.8, 4) is 0 Å². The third-order valence-electron chi connectivity index (χ3n) is 2.71. The summed E-state index contributed by atoms with van der Waals surface area (Å²) >= 11 is 0. The summed E-state index contributed by atoms with van der Waals surface area (Å²) in [4.78, 5) is 22.9. The molecule has 0 aliphatic heterocycles. The van der Waals surface area contributed by atoms with Crippen molar-refractivity contribution in [1.82, 2.24) is 16.1 Å². The Kier molecular flexibility index (Phi) is 5.87. The maximum Gasteiger partial charge on any atom is 0.315 e. The minimum absolute atomic E-state index is 0.214. The van der Waals surface area contributed by atoms with E-state index in [1.165, 1.54) is 24.6 Å². The molecular weight excluding hydrogens is 303 g/mol. The molecule has 0 spiro atoms. The molecule has 3 N–H and O–H groups in total. The number of nitrogens with one attached hydrogen (secondary N) is 3. The first kappa shape index (κ1) is 16.2. The maximum atomic E-state index is 13.3. The molecule has 1 aromatic heterocycles. The van der Waals surface area contributed by atoms with Gasteiger partial charge in [0.15, 0.2) is 0 Å². The van der Waals surface area contributed by atoms with E-state index in [-0.39, 0.29) is 18.7 Å². The fraction of sp³-hybridized carbons (Fsp3) is 0.133. The number of benzene rings is 1.